The number of esters is 1. The molecule has 5 aliphatic rings. The van der Waals surface area contributed by atoms with Gasteiger partial charge in [-0.2, -0.15) is 0 Å². The summed E-state index contributed by atoms with van der Waals surface area (Å²) in [4.78, 5) is 11.9. The number of carbonyl (C=O) groups excluding carboxylic acids is 1. The van der Waals surface area contributed by atoms with Crippen LogP contribution >= 0.6 is 0 Å². The van der Waals surface area contributed by atoms with Gasteiger partial charge >= 0.3 is 5.97 Å². The first-order valence-electron chi connectivity index (χ1n) is 10.3. The average molecular weight is 355 g/mol. The van der Waals surface area contributed by atoms with E-state index in [-0.39, 0.29) is 22.4 Å². The van der Waals surface area contributed by atoms with Crippen molar-refractivity contribution in [1.82, 2.24) is 0 Å². The van der Waals surface area contributed by atoms with Crippen molar-refractivity contribution >= 4 is 11.7 Å². The zero-order chi connectivity index (χ0) is 18.2. The minimum Gasteiger partial charge on any atom is -0.458 e. The number of hydrogen-bond donors (Lipinski definition) is 1. The first-order valence-corrected chi connectivity index (χ1v) is 10.3. The van der Waals surface area contributed by atoms with Crippen LogP contribution in [0.5, 0.6) is 0 Å². The number of nitrogens with zero attached hydrogens (tertiary/aromatic N) is 1. The van der Waals surface area contributed by atoms with E-state index in [4.69, 9.17) is 4.74 Å². The zero-order valence-electron chi connectivity index (χ0n) is 15.8. The lowest BCUT2D eigenvalue weighted by Gasteiger charge is -2.57. The van der Waals surface area contributed by atoms with Gasteiger partial charge in [0.25, 0.3) is 0 Å². The van der Waals surface area contributed by atoms with E-state index in [0.29, 0.717) is 24.2 Å². The molecule has 5 rings (SSSR count). The molecule has 0 radical (unpaired) electrons. The van der Waals surface area contributed by atoms with Crippen LogP contribution < -0.4 is 0 Å². The van der Waals surface area contributed by atoms with Gasteiger partial charge in [-0.05, 0) is 79.8 Å². The predicted molar refractivity (Wildman–Crippen MR) is 98.9 cm³/mol. The monoisotopic (exact) mass is 355 g/mol. The fourth-order valence-corrected chi connectivity index (χ4v) is 7.38. The van der Waals surface area contributed by atoms with Crippen LogP contribution in [0.2, 0.25) is 0 Å². The molecule has 4 aliphatic carbocycles. The molecule has 0 amide bonds. The second kappa shape index (κ2) is 5.24. The highest BCUT2D eigenvalue weighted by atomic mass is 16.6. The predicted octanol–water partition coefficient (Wildman–Crippen LogP) is 4.63. The molecule has 1 aliphatic heterocycles. The maximum absolute atomic E-state index is 11.9. The zero-order valence-corrected chi connectivity index (χ0v) is 15.8. The molecule has 4 heteroatoms. The summed E-state index contributed by atoms with van der Waals surface area (Å²) in [5, 5.41) is 12.6. The number of carbonyl (C=O) groups is 1. The second-order valence-electron chi connectivity index (χ2n) is 9.72. The van der Waals surface area contributed by atoms with Crippen LogP contribution in [0.25, 0.3) is 0 Å². The molecule has 4 nitrogen and oxygen atoms in total. The Morgan fingerprint density at radius 3 is 2.65 bits per heavy atom. The smallest absolute Gasteiger partial charge is 0.306 e. The molecule has 0 aromatic rings. The molecule has 1 heterocycles. The Balaban J connectivity index is 1.52. The second-order valence-corrected chi connectivity index (χ2v) is 9.72. The summed E-state index contributed by atoms with van der Waals surface area (Å²) in [5.74, 6) is 1.83. The molecule has 140 valence electrons. The lowest BCUT2D eigenvalue weighted by Crippen LogP contribution is -2.53. The molecule has 0 bridgehead atoms. The van der Waals surface area contributed by atoms with Crippen LogP contribution in [0.1, 0.15) is 65.2 Å². The highest BCUT2D eigenvalue weighted by Gasteiger charge is 2.66. The van der Waals surface area contributed by atoms with Crippen LogP contribution in [0.15, 0.2) is 29.0 Å². The lowest BCUT2D eigenvalue weighted by atomic mass is 9.48. The minimum absolute atomic E-state index is 0.00784. The first kappa shape index (κ1) is 16.6. The molecule has 0 aromatic carbocycles. The lowest BCUT2D eigenvalue weighted by molar-refractivity contribution is -0.165. The van der Waals surface area contributed by atoms with E-state index < -0.39 is 0 Å². The van der Waals surface area contributed by atoms with Gasteiger partial charge in [-0.15, -0.1) is 0 Å². The van der Waals surface area contributed by atoms with Crippen LogP contribution in [0.4, 0.5) is 0 Å². The summed E-state index contributed by atoms with van der Waals surface area (Å²) in [6.07, 6.45) is 14.8. The largest absolute Gasteiger partial charge is 0.458 e. The fraction of sp³-hybridized carbons (Fsp3) is 0.727. The van der Waals surface area contributed by atoms with E-state index in [0.717, 1.165) is 37.8 Å². The molecule has 1 N–H and O–H groups in total. The summed E-state index contributed by atoms with van der Waals surface area (Å²) in [7, 11) is 0. The number of oxime groups is 1. The van der Waals surface area contributed by atoms with E-state index in [2.05, 4.69) is 37.2 Å². The van der Waals surface area contributed by atoms with Gasteiger partial charge in [0.05, 0.1) is 5.71 Å². The summed E-state index contributed by atoms with van der Waals surface area (Å²) >= 11 is 0. The quantitative estimate of drug-likeness (QED) is 0.391. The van der Waals surface area contributed by atoms with Gasteiger partial charge in [0.1, 0.15) is 5.60 Å². The van der Waals surface area contributed by atoms with Crippen molar-refractivity contribution in [1.29, 1.82) is 0 Å². The van der Waals surface area contributed by atoms with Crippen molar-refractivity contribution in [3.8, 4) is 0 Å². The molecule has 1 spiro atoms. The van der Waals surface area contributed by atoms with Crippen LogP contribution in [0.3, 0.4) is 0 Å². The Hall–Kier alpha value is -1.58. The van der Waals surface area contributed by atoms with Crippen molar-refractivity contribution in [3.63, 3.8) is 0 Å². The van der Waals surface area contributed by atoms with Crippen molar-refractivity contribution in [2.24, 2.45) is 33.7 Å². The number of hydrogen-bond acceptors (Lipinski definition) is 4. The number of ether oxygens (including phenoxy) is 1. The fourth-order valence-electron chi connectivity index (χ4n) is 7.38. The van der Waals surface area contributed by atoms with Gasteiger partial charge in [-0.1, -0.05) is 31.2 Å². The van der Waals surface area contributed by atoms with Crippen molar-refractivity contribution < 1.29 is 14.7 Å². The van der Waals surface area contributed by atoms with Gasteiger partial charge in [0.2, 0.25) is 0 Å². The maximum atomic E-state index is 11.9. The molecule has 1 saturated heterocycles. The molecule has 6 atom stereocenters. The summed E-state index contributed by atoms with van der Waals surface area (Å²) in [6.45, 7) is 4.82. The van der Waals surface area contributed by atoms with Crippen molar-refractivity contribution in [2.45, 2.75) is 70.8 Å². The number of fused-ring (bicyclic) bond motifs is 6. The van der Waals surface area contributed by atoms with Gasteiger partial charge in [0, 0.05) is 11.8 Å². The summed E-state index contributed by atoms with van der Waals surface area (Å²) in [6, 6.07) is 0. The van der Waals surface area contributed by atoms with E-state index in [1.807, 2.05) is 0 Å². The minimum atomic E-state index is -0.201. The Bertz CT molecular complexity index is 752. The third-order valence-electron chi connectivity index (χ3n) is 8.99. The Morgan fingerprint density at radius 2 is 1.92 bits per heavy atom. The van der Waals surface area contributed by atoms with Crippen molar-refractivity contribution in [2.75, 3.05) is 0 Å². The molecule has 0 aromatic heterocycles. The Labute approximate surface area is 155 Å². The third-order valence-corrected chi connectivity index (χ3v) is 8.99. The Morgan fingerprint density at radius 1 is 1.12 bits per heavy atom. The normalized spacial score (nSPS) is 51.0. The van der Waals surface area contributed by atoms with Crippen LogP contribution in [-0.4, -0.2) is 22.5 Å². The van der Waals surface area contributed by atoms with E-state index in [1.54, 1.807) is 0 Å². The van der Waals surface area contributed by atoms with Gasteiger partial charge in [-0.3, -0.25) is 4.79 Å². The van der Waals surface area contributed by atoms with Crippen LogP contribution in [-0.2, 0) is 9.53 Å². The van der Waals surface area contributed by atoms with Crippen molar-refractivity contribution in [3.05, 3.63) is 23.8 Å². The van der Waals surface area contributed by atoms with Gasteiger partial charge in [0.15, 0.2) is 0 Å². The highest BCUT2D eigenvalue weighted by Crippen LogP contribution is 2.68. The average Bonchev–Trinajstić information content (AvgIpc) is 3.15. The molecule has 26 heavy (non-hydrogen) atoms. The van der Waals surface area contributed by atoms with E-state index in [1.165, 1.54) is 18.4 Å². The highest BCUT2D eigenvalue weighted by molar-refractivity contribution is 5.96. The molecule has 0 unspecified atom stereocenters. The Kier molecular flexibility index (Phi) is 3.34. The number of allylic oxidation sites excluding steroid dienone is 4. The van der Waals surface area contributed by atoms with E-state index >= 15 is 0 Å². The standard InChI is InChI=1S/C22H29NO3/c1-20-9-5-15(23-25)13-14(20)3-4-16-17(20)6-10-21(2)18(16)7-11-22(21)12-8-19(24)26-22/h3-4,13,16-18,25H,5-12H2,1-2H3/b23-15-/t16-,17+,18-,20+,21-,22-/m1/s1. The number of rotatable bonds is 0. The molecular formula is C22H29NO3. The topological polar surface area (TPSA) is 58.9 Å². The van der Waals surface area contributed by atoms with Gasteiger partial charge < -0.3 is 9.94 Å². The summed E-state index contributed by atoms with van der Waals surface area (Å²) in [5.41, 5.74) is 2.24. The molecular weight excluding hydrogens is 326 g/mol. The maximum Gasteiger partial charge on any atom is 0.306 e. The molecule has 2 saturated carbocycles. The van der Waals surface area contributed by atoms with E-state index in [9.17, 15) is 10.0 Å². The van der Waals surface area contributed by atoms with Gasteiger partial charge in [-0.25, -0.2) is 0 Å². The van der Waals surface area contributed by atoms with Crippen LogP contribution in [0, 0.1) is 28.6 Å². The summed E-state index contributed by atoms with van der Waals surface area (Å²) < 4.78 is 6.00. The SMILES string of the molecule is C[C@]12CC/C(=N/O)C=C1C=C[C@H]1[C@H]3CC[C@@]4(CCC(=O)O4)[C@]3(C)CC[C@@H]12. The molecule has 3 fully saturated rings. The third kappa shape index (κ3) is 1.91. The first-order chi connectivity index (χ1) is 12.4.